The molecule has 24 heavy (non-hydrogen) atoms. The fourth-order valence-electron chi connectivity index (χ4n) is 3.03. The Morgan fingerprint density at radius 3 is 2.79 bits per heavy atom. The molecule has 126 valence electrons. The number of hydrogen-bond donors (Lipinski definition) is 0. The molecule has 0 fully saturated rings. The topological polar surface area (TPSA) is 23.6 Å². The number of carbonyl (C=O) groups excluding carboxylic acids is 1. The minimum Gasteiger partial charge on any atom is -0.373 e. The van der Waals surface area contributed by atoms with Crippen molar-refractivity contribution in [1.29, 1.82) is 0 Å². The second-order valence-corrected chi connectivity index (χ2v) is 7.02. The highest BCUT2D eigenvalue weighted by Gasteiger charge is 2.21. The van der Waals surface area contributed by atoms with Crippen molar-refractivity contribution in [3.63, 3.8) is 0 Å². The maximum atomic E-state index is 13.9. The van der Waals surface area contributed by atoms with Crippen LogP contribution in [0.3, 0.4) is 0 Å². The molecule has 1 heterocycles. The number of benzene rings is 2. The van der Waals surface area contributed by atoms with Crippen LogP contribution in [0.25, 0.3) is 0 Å². The van der Waals surface area contributed by atoms with Crippen LogP contribution in [-0.4, -0.2) is 30.9 Å². The highest BCUT2D eigenvalue weighted by atomic mass is 79.9. The number of fused-ring (bicyclic) bond motifs is 1. The maximum absolute atomic E-state index is 13.9. The van der Waals surface area contributed by atoms with Crippen LogP contribution < -0.4 is 4.90 Å². The molecule has 0 atom stereocenters. The quantitative estimate of drug-likeness (QED) is 0.790. The van der Waals surface area contributed by atoms with E-state index >= 15 is 0 Å². The molecular weight excluding hydrogens is 371 g/mol. The van der Waals surface area contributed by atoms with Crippen LogP contribution in [0.2, 0.25) is 0 Å². The molecule has 1 amide bonds. The minimum absolute atomic E-state index is 0.0717. The molecular formula is C19H20BrFN2O. The first-order chi connectivity index (χ1) is 11.5. The summed E-state index contributed by atoms with van der Waals surface area (Å²) in [5.74, 6) is -0.194. The van der Waals surface area contributed by atoms with Crippen molar-refractivity contribution >= 4 is 27.5 Å². The Balaban J connectivity index is 1.67. The lowest BCUT2D eigenvalue weighted by Crippen LogP contribution is -2.34. The Morgan fingerprint density at radius 1 is 1.21 bits per heavy atom. The van der Waals surface area contributed by atoms with Gasteiger partial charge in [0.1, 0.15) is 5.82 Å². The van der Waals surface area contributed by atoms with E-state index in [1.165, 1.54) is 11.8 Å². The number of aryl methyl sites for hydroxylation is 1. The van der Waals surface area contributed by atoms with E-state index in [2.05, 4.69) is 33.0 Å². The van der Waals surface area contributed by atoms with Crippen molar-refractivity contribution in [2.45, 2.75) is 19.4 Å². The third kappa shape index (κ3) is 3.78. The zero-order valence-corrected chi connectivity index (χ0v) is 15.2. The summed E-state index contributed by atoms with van der Waals surface area (Å²) in [6, 6.07) is 13.1. The van der Waals surface area contributed by atoms with Gasteiger partial charge in [0.15, 0.2) is 0 Å². The number of hydrogen-bond acceptors (Lipinski definition) is 2. The fourth-order valence-corrected chi connectivity index (χ4v) is 3.36. The number of para-hydroxylation sites is 1. The molecule has 0 saturated carbocycles. The first kappa shape index (κ1) is 17.0. The van der Waals surface area contributed by atoms with Crippen LogP contribution in [0.4, 0.5) is 10.1 Å². The first-order valence-corrected chi connectivity index (χ1v) is 8.84. The summed E-state index contributed by atoms with van der Waals surface area (Å²) >= 11 is 3.25. The molecule has 2 aromatic rings. The summed E-state index contributed by atoms with van der Waals surface area (Å²) in [4.78, 5) is 16.6. The smallest absolute Gasteiger partial charge is 0.223 e. The van der Waals surface area contributed by atoms with Gasteiger partial charge in [-0.25, -0.2) is 4.39 Å². The third-order valence-electron chi connectivity index (χ3n) is 4.45. The van der Waals surface area contributed by atoms with E-state index in [0.29, 0.717) is 36.0 Å². The number of amides is 1. The van der Waals surface area contributed by atoms with Crippen molar-refractivity contribution in [3.05, 3.63) is 63.9 Å². The highest BCUT2D eigenvalue weighted by molar-refractivity contribution is 9.10. The van der Waals surface area contributed by atoms with Gasteiger partial charge < -0.3 is 9.80 Å². The second kappa shape index (κ2) is 7.34. The average molecular weight is 391 g/mol. The molecule has 1 aliphatic heterocycles. The predicted molar refractivity (Wildman–Crippen MR) is 97.6 cm³/mol. The van der Waals surface area contributed by atoms with Gasteiger partial charge in [0.05, 0.1) is 0 Å². The normalized spacial score (nSPS) is 14.3. The van der Waals surface area contributed by atoms with E-state index < -0.39 is 0 Å². The lowest BCUT2D eigenvalue weighted by molar-refractivity contribution is -0.131. The summed E-state index contributed by atoms with van der Waals surface area (Å²) in [6.07, 6.45) is 0.746. The van der Waals surface area contributed by atoms with Crippen LogP contribution in [0, 0.1) is 5.82 Å². The zero-order chi connectivity index (χ0) is 17.1. The molecule has 0 aromatic heterocycles. The van der Waals surface area contributed by atoms with Gasteiger partial charge in [0, 0.05) is 43.3 Å². The Kier molecular flexibility index (Phi) is 5.19. The molecule has 1 aliphatic rings. The largest absolute Gasteiger partial charge is 0.373 e. The summed E-state index contributed by atoms with van der Waals surface area (Å²) in [6.45, 7) is 2.10. The van der Waals surface area contributed by atoms with E-state index in [1.807, 2.05) is 24.1 Å². The van der Waals surface area contributed by atoms with Gasteiger partial charge in [-0.15, -0.1) is 0 Å². The van der Waals surface area contributed by atoms with Gasteiger partial charge in [0.25, 0.3) is 0 Å². The summed E-state index contributed by atoms with van der Waals surface area (Å²) in [5.41, 5.74) is 2.91. The van der Waals surface area contributed by atoms with Crippen LogP contribution in [-0.2, 0) is 17.8 Å². The van der Waals surface area contributed by atoms with E-state index in [1.54, 1.807) is 12.1 Å². The molecule has 0 saturated heterocycles. The summed E-state index contributed by atoms with van der Waals surface area (Å²) < 4.78 is 14.6. The van der Waals surface area contributed by atoms with E-state index in [-0.39, 0.29) is 11.7 Å². The van der Waals surface area contributed by atoms with E-state index in [0.717, 1.165) is 12.1 Å². The monoisotopic (exact) mass is 390 g/mol. The molecule has 3 nitrogen and oxygen atoms in total. The number of halogens is 2. The van der Waals surface area contributed by atoms with E-state index in [9.17, 15) is 9.18 Å². The van der Waals surface area contributed by atoms with Gasteiger partial charge in [-0.2, -0.15) is 0 Å². The van der Waals surface area contributed by atoms with Crippen LogP contribution in [0.15, 0.2) is 46.9 Å². The number of anilines is 1. The van der Waals surface area contributed by atoms with Crippen molar-refractivity contribution in [3.8, 4) is 0 Å². The third-order valence-corrected chi connectivity index (χ3v) is 4.94. The number of carbonyl (C=O) groups is 1. The number of likely N-dealkylation sites (N-methyl/N-ethyl adjacent to an activating group) is 1. The fraction of sp³-hybridized carbons (Fsp3) is 0.316. The average Bonchev–Trinajstić information content (AvgIpc) is 2.73. The SMILES string of the molecule is CN1CCN(C(=O)CCc2ccc(Br)cc2F)Cc2ccccc21. The second-order valence-electron chi connectivity index (χ2n) is 6.10. The standard InChI is InChI=1S/C19H20BrFN2O/c1-22-10-11-23(13-15-4-2-3-5-18(15)22)19(24)9-7-14-6-8-16(20)12-17(14)21/h2-6,8,12H,7,9-11,13H2,1H3. The van der Waals surface area contributed by atoms with Crippen molar-refractivity contribution in [1.82, 2.24) is 4.90 Å². The molecule has 2 aromatic carbocycles. The number of rotatable bonds is 3. The Bertz CT molecular complexity index is 750. The van der Waals surface area contributed by atoms with Crippen LogP contribution in [0.5, 0.6) is 0 Å². The van der Waals surface area contributed by atoms with Crippen molar-refractivity contribution in [2.24, 2.45) is 0 Å². The summed E-state index contributed by atoms with van der Waals surface area (Å²) in [7, 11) is 2.05. The van der Waals surface area contributed by atoms with Crippen LogP contribution in [0.1, 0.15) is 17.5 Å². The minimum atomic E-state index is -0.266. The molecule has 0 bridgehead atoms. The van der Waals surface area contributed by atoms with Crippen molar-refractivity contribution in [2.75, 3.05) is 25.0 Å². The first-order valence-electron chi connectivity index (χ1n) is 8.05. The maximum Gasteiger partial charge on any atom is 0.223 e. The Hall–Kier alpha value is -1.88. The van der Waals surface area contributed by atoms with Crippen LogP contribution >= 0.6 is 15.9 Å². The molecule has 5 heteroatoms. The van der Waals surface area contributed by atoms with Gasteiger partial charge >= 0.3 is 0 Å². The molecule has 0 radical (unpaired) electrons. The molecule has 3 rings (SSSR count). The Morgan fingerprint density at radius 2 is 2.00 bits per heavy atom. The molecule has 0 N–H and O–H groups in total. The lowest BCUT2D eigenvalue weighted by Gasteiger charge is -2.21. The van der Waals surface area contributed by atoms with Gasteiger partial charge in [-0.05, 0) is 35.7 Å². The van der Waals surface area contributed by atoms with Gasteiger partial charge in [-0.3, -0.25) is 4.79 Å². The van der Waals surface area contributed by atoms with Gasteiger partial charge in [-0.1, -0.05) is 40.2 Å². The Labute approximate surface area is 150 Å². The van der Waals surface area contributed by atoms with E-state index in [4.69, 9.17) is 0 Å². The number of nitrogens with zero attached hydrogens (tertiary/aromatic N) is 2. The highest BCUT2D eigenvalue weighted by Crippen LogP contribution is 2.24. The summed E-state index contributed by atoms with van der Waals surface area (Å²) in [5, 5.41) is 0. The van der Waals surface area contributed by atoms with Gasteiger partial charge in [0.2, 0.25) is 5.91 Å². The zero-order valence-electron chi connectivity index (χ0n) is 13.6. The lowest BCUT2D eigenvalue weighted by atomic mass is 10.1. The molecule has 0 spiro atoms. The van der Waals surface area contributed by atoms with Crippen molar-refractivity contribution < 1.29 is 9.18 Å². The molecule has 0 unspecified atom stereocenters. The predicted octanol–water partition coefficient (Wildman–Crippen LogP) is 4.00. The molecule has 0 aliphatic carbocycles.